The maximum Gasteiger partial charge on any atom is 0.264 e. The number of ketones is 1. The first-order valence-electron chi connectivity index (χ1n) is 12.7. The Morgan fingerprint density at radius 1 is 1.13 bits per heavy atom. The van der Waals surface area contributed by atoms with Crippen LogP contribution in [0, 0.1) is 17.2 Å². The Morgan fingerprint density at radius 3 is 2.53 bits per heavy atom. The van der Waals surface area contributed by atoms with Gasteiger partial charge in [0.15, 0.2) is 17.3 Å². The second-order valence-corrected chi connectivity index (χ2v) is 11.8. The zero-order chi connectivity index (χ0) is 27.9. The molecule has 0 bridgehead atoms. The number of carbonyl (C=O) groups is 1. The maximum atomic E-state index is 13.4. The Balaban J connectivity index is 1.85. The zero-order valence-electron chi connectivity index (χ0n) is 22.3. The van der Waals surface area contributed by atoms with E-state index in [-0.39, 0.29) is 32.2 Å². The molecule has 0 aromatic heterocycles. The summed E-state index contributed by atoms with van der Waals surface area (Å²) in [5.74, 6) is 0.854. The average molecular weight is 612 g/mol. The number of hydrogen-bond donors (Lipinski definition) is 1. The van der Waals surface area contributed by atoms with Gasteiger partial charge < -0.3 is 19.5 Å². The van der Waals surface area contributed by atoms with Crippen LogP contribution in [-0.4, -0.2) is 53.5 Å². The van der Waals surface area contributed by atoms with Crippen LogP contribution >= 0.6 is 15.9 Å². The van der Waals surface area contributed by atoms with Crippen LogP contribution in [0.25, 0.3) is 0 Å². The molecule has 0 saturated heterocycles. The minimum Gasteiger partial charge on any atom is -0.490 e. The van der Waals surface area contributed by atoms with Gasteiger partial charge in [0.2, 0.25) is 0 Å². The second kappa shape index (κ2) is 13.6. The van der Waals surface area contributed by atoms with Gasteiger partial charge >= 0.3 is 0 Å². The number of allylic oxidation sites excluding steroid dienone is 4. The molecule has 0 amide bonds. The fraction of sp³-hybridized carbons (Fsp3) is 0.556. The number of rotatable bonds is 13. The highest BCUT2D eigenvalue weighted by atomic mass is 79.9. The van der Waals surface area contributed by atoms with Crippen LogP contribution in [0.4, 0.5) is 0 Å². The SMILES string of the molecule is CCCC1CC(=O)C2=C(C1)NC(C)=C(C#N)C2c1cc(Br)c(OCCOCCOS(C)(=O)=O)c(OCC)c1. The molecule has 1 aliphatic heterocycles. The fourth-order valence-corrected chi connectivity index (χ4v) is 5.87. The van der Waals surface area contributed by atoms with Gasteiger partial charge in [-0.15, -0.1) is 0 Å². The van der Waals surface area contributed by atoms with E-state index < -0.39 is 16.0 Å². The van der Waals surface area contributed by atoms with Crippen molar-refractivity contribution in [3.05, 3.63) is 44.7 Å². The number of dihydropyridines is 1. The van der Waals surface area contributed by atoms with Crippen molar-refractivity contribution in [3.63, 3.8) is 0 Å². The highest BCUT2D eigenvalue weighted by Crippen LogP contribution is 2.47. The standard InChI is InChI=1S/C27H35BrN2O7S/c1-5-7-18-12-22-26(23(31)13-18)25(20(16-29)17(3)30-22)19-14-21(28)27(24(15-19)35-6-2)36-10-8-34-9-11-37-38(4,32)33/h14-15,18,25,30H,5-13H2,1-4H3. The molecule has 2 aliphatic rings. The van der Waals surface area contributed by atoms with Gasteiger partial charge in [0, 0.05) is 23.4 Å². The van der Waals surface area contributed by atoms with E-state index in [9.17, 15) is 18.5 Å². The van der Waals surface area contributed by atoms with Gasteiger partial charge in [0.25, 0.3) is 10.1 Å². The smallest absolute Gasteiger partial charge is 0.264 e. The predicted octanol–water partition coefficient (Wildman–Crippen LogP) is 4.74. The lowest BCUT2D eigenvalue weighted by atomic mass is 9.72. The lowest BCUT2D eigenvalue weighted by Gasteiger charge is -2.35. The van der Waals surface area contributed by atoms with Crippen molar-refractivity contribution >= 4 is 31.8 Å². The number of benzene rings is 1. The van der Waals surface area contributed by atoms with E-state index >= 15 is 0 Å². The number of hydrogen-bond acceptors (Lipinski definition) is 9. The Kier molecular flexibility index (Phi) is 10.8. The average Bonchev–Trinajstić information content (AvgIpc) is 2.83. The summed E-state index contributed by atoms with van der Waals surface area (Å²) in [7, 11) is -3.50. The summed E-state index contributed by atoms with van der Waals surface area (Å²) in [6.07, 6.45) is 4.27. The van der Waals surface area contributed by atoms with Crippen LogP contribution in [0.2, 0.25) is 0 Å². The molecule has 2 unspecified atom stereocenters. The van der Waals surface area contributed by atoms with Crippen molar-refractivity contribution in [2.24, 2.45) is 5.92 Å². The molecule has 1 N–H and O–H groups in total. The quantitative estimate of drug-likeness (QED) is 0.249. The highest BCUT2D eigenvalue weighted by molar-refractivity contribution is 9.10. The molecular weight excluding hydrogens is 576 g/mol. The Hall–Kier alpha value is -2.39. The minimum absolute atomic E-state index is 0.0679. The van der Waals surface area contributed by atoms with E-state index in [2.05, 4.69) is 38.4 Å². The van der Waals surface area contributed by atoms with E-state index in [1.165, 1.54) is 0 Å². The monoisotopic (exact) mass is 610 g/mol. The molecule has 0 spiro atoms. The first-order chi connectivity index (χ1) is 18.1. The van der Waals surface area contributed by atoms with E-state index in [0.29, 0.717) is 46.1 Å². The molecule has 0 fully saturated rings. The molecule has 0 radical (unpaired) electrons. The van der Waals surface area contributed by atoms with Gasteiger partial charge in [-0.3, -0.25) is 8.98 Å². The van der Waals surface area contributed by atoms with Gasteiger partial charge in [-0.05, 0) is 66.2 Å². The molecular formula is C27H35BrN2O7S. The van der Waals surface area contributed by atoms with Gasteiger partial charge in [-0.25, -0.2) is 0 Å². The van der Waals surface area contributed by atoms with Crippen LogP contribution in [0.5, 0.6) is 11.5 Å². The molecule has 208 valence electrons. The number of Topliss-reactive ketones (excluding diaryl/α,β-unsaturated/α-hetero) is 1. The van der Waals surface area contributed by atoms with Gasteiger partial charge in [-0.2, -0.15) is 13.7 Å². The van der Waals surface area contributed by atoms with E-state index in [1.54, 1.807) is 0 Å². The summed E-state index contributed by atoms with van der Waals surface area (Å²) >= 11 is 3.59. The van der Waals surface area contributed by atoms with Crippen LogP contribution in [0.15, 0.2) is 39.1 Å². The molecule has 1 aromatic carbocycles. The summed E-state index contributed by atoms with van der Waals surface area (Å²) in [5.41, 5.74) is 3.61. The van der Waals surface area contributed by atoms with Crippen LogP contribution in [0.1, 0.15) is 57.9 Å². The number of nitrogens with zero attached hydrogens (tertiary/aromatic N) is 1. The summed E-state index contributed by atoms with van der Waals surface area (Å²) in [4.78, 5) is 13.4. The van der Waals surface area contributed by atoms with E-state index in [4.69, 9.17) is 14.2 Å². The largest absolute Gasteiger partial charge is 0.490 e. The third-order valence-electron chi connectivity index (χ3n) is 6.39. The van der Waals surface area contributed by atoms with Crippen molar-refractivity contribution in [3.8, 4) is 17.6 Å². The Labute approximate surface area is 233 Å². The molecule has 11 heteroatoms. The summed E-state index contributed by atoms with van der Waals surface area (Å²) in [6.45, 7) is 6.71. The van der Waals surface area contributed by atoms with E-state index in [1.807, 2.05) is 26.0 Å². The van der Waals surface area contributed by atoms with Crippen LogP contribution < -0.4 is 14.8 Å². The predicted molar refractivity (Wildman–Crippen MR) is 146 cm³/mol. The highest BCUT2D eigenvalue weighted by Gasteiger charge is 2.39. The van der Waals surface area contributed by atoms with E-state index in [0.717, 1.165) is 42.5 Å². The molecule has 1 aromatic rings. The van der Waals surface area contributed by atoms with Crippen LogP contribution in [-0.2, 0) is 23.8 Å². The lowest BCUT2D eigenvalue weighted by Crippen LogP contribution is -2.34. The van der Waals surface area contributed by atoms with Gasteiger partial charge in [0.05, 0.1) is 54.7 Å². The first kappa shape index (κ1) is 30.2. The van der Waals surface area contributed by atoms with Gasteiger partial charge in [-0.1, -0.05) is 13.3 Å². The van der Waals surface area contributed by atoms with Crippen molar-refractivity contribution in [2.75, 3.05) is 39.3 Å². The number of carbonyl (C=O) groups excluding carboxylic acids is 1. The number of nitrogens with one attached hydrogen (secondary N) is 1. The van der Waals surface area contributed by atoms with Crippen molar-refractivity contribution in [2.45, 2.75) is 52.4 Å². The fourth-order valence-electron chi connectivity index (χ4n) is 4.92. The topological polar surface area (TPSA) is 124 Å². The number of ether oxygens (including phenoxy) is 3. The first-order valence-corrected chi connectivity index (χ1v) is 15.4. The Morgan fingerprint density at radius 2 is 1.87 bits per heavy atom. The summed E-state index contributed by atoms with van der Waals surface area (Å²) in [6, 6.07) is 6.03. The molecule has 3 rings (SSSR count). The van der Waals surface area contributed by atoms with Gasteiger partial charge in [0.1, 0.15) is 6.61 Å². The molecule has 2 atom stereocenters. The molecule has 9 nitrogen and oxygen atoms in total. The minimum atomic E-state index is -3.50. The third kappa shape index (κ3) is 7.59. The summed E-state index contributed by atoms with van der Waals surface area (Å²) in [5, 5.41) is 13.4. The maximum absolute atomic E-state index is 13.4. The van der Waals surface area contributed by atoms with Crippen molar-refractivity contribution < 1.29 is 31.6 Å². The molecule has 1 heterocycles. The zero-order valence-corrected chi connectivity index (χ0v) is 24.7. The van der Waals surface area contributed by atoms with Crippen molar-refractivity contribution in [1.29, 1.82) is 5.26 Å². The summed E-state index contributed by atoms with van der Waals surface area (Å²) < 4.78 is 44.5. The molecule has 1 aliphatic carbocycles. The Bertz CT molecular complexity index is 1250. The van der Waals surface area contributed by atoms with Crippen molar-refractivity contribution in [1.82, 2.24) is 5.32 Å². The molecule has 38 heavy (non-hydrogen) atoms. The van der Waals surface area contributed by atoms with Crippen LogP contribution in [0.3, 0.4) is 0 Å². The molecule has 0 saturated carbocycles. The number of halogens is 1. The normalized spacial score (nSPS) is 19.6. The lowest BCUT2D eigenvalue weighted by molar-refractivity contribution is -0.117. The third-order valence-corrected chi connectivity index (χ3v) is 7.58. The number of nitriles is 1. The second-order valence-electron chi connectivity index (χ2n) is 9.34.